The molecule has 2 unspecified atom stereocenters. The summed E-state index contributed by atoms with van der Waals surface area (Å²) >= 11 is 3.16. The minimum atomic E-state index is -0.603. The van der Waals surface area contributed by atoms with Crippen LogP contribution in [0.25, 0.3) is 0 Å². The fraction of sp³-hybridized carbons (Fsp3) is 0.700. The zero-order valence-corrected chi connectivity index (χ0v) is 12.3. The Hall–Kier alpha value is -0.700. The van der Waals surface area contributed by atoms with E-state index in [9.17, 15) is 10.0 Å². The summed E-state index contributed by atoms with van der Waals surface area (Å²) in [6.45, 7) is 2.97. The maximum atomic E-state index is 11.9. The number of aromatic nitrogens is 2. The van der Waals surface area contributed by atoms with E-state index in [1.165, 1.54) is 23.3 Å². The van der Waals surface area contributed by atoms with Gasteiger partial charge >= 0.3 is 6.03 Å². The predicted molar refractivity (Wildman–Crippen MR) is 72.0 cm³/mol. The van der Waals surface area contributed by atoms with Gasteiger partial charge in [-0.15, -0.1) is 14.8 Å². The summed E-state index contributed by atoms with van der Waals surface area (Å²) in [4.78, 5) is 13.4. The van der Waals surface area contributed by atoms with Gasteiger partial charge in [0.25, 0.3) is 0 Å². The highest BCUT2D eigenvalue weighted by Gasteiger charge is 2.45. The maximum Gasteiger partial charge on any atom is 0.457 e. The normalized spacial score (nSPS) is 25.8. The second-order valence-corrected chi connectivity index (χ2v) is 6.38. The van der Waals surface area contributed by atoms with E-state index in [-0.39, 0.29) is 6.03 Å². The number of quaternary nitrogens is 1. The lowest BCUT2D eigenvalue weighted by Gasteiger charge is -2.14. The molecule has 1 aromatic rings. The van der Waals surface area contributed by atoms with Crippen LogP contribution in [0.2, 0.25) is 0 Å². The molecule has 1 aliphatic rings. The zero-order chi connectivity index (χ0) is 13.3. The van der Waals surface area contributed by atoms with Crippen LogP contribution in [0, 0.1) is 0 Å². The van der Waals surface area contributed by atoms with Crippen LogP contribution in [-0.2, 0) is 0 Å². The average molecular weight is 289 g/mol. The molecule has 0 saturated carbocycles. The summed E-state index contributed by atoms with van der Waals surface area (Å²) < 4.78 is -0.603. The lowest BCUT2D eigenvalue weighted by Crippen LogP contribution is -2.44. The number of nitrogens with zero attached hydrogens (tertiary/aromatic N) is 4. The quantitative estimate of drug-likeness (QED) is 0.679. The molecule has 1 saturated heterocycles. The van der Waals surface area contributed by atoms with Crippen molar-refractivity contribution in [1.82, 2.24) is 10.2 Å². The van der Waals surface area contributed by atoms with Crippen molar-refractivity contribution in [2.24, 2.45) is 0 Å². The lowest BCUT2D eigenvalue weighted by molar-refractivity contribution is -1.01. The maximum absolute atomic E-state index is 11.9. The van der Waals surface area contributed by atoms with Gasteiger partial charge in [-0.1, -0.05) is 18.3 Å². The van der Waals surface area contributed by atoms with Crippen LogP contribution < -0.4 is 4.90 Å². The molecule has 2 rings (SSSR count). The molecule has 1 aromatic heterocycles. The molecular weight excluding hydrogens is 272 g/mol. The number of hydroxylamine groups is 3. The van der Waals surface area contributed by atoms with Gasteiger partial charge in [0.15, 0.2) is 0 Å². The van der Waals surface area contributed by atoms with Crippen LogP contribution >= 0.6 is 23.1 Å². The number of urea groups is 1. The Bertz CT molecular complexity index is 445. The van der Waals surface area contributed by atoms with E-state index in [4.69, 9.17) is 0 Å². The van der Waals surface area contributed by atoms with Crippen LogP contribution in [0.15, 0.2) is 0 Å². The molecule has 8 heteroatoms. The molecule has 1 aliphatic heterocycles. The van der Waals surface area contributed by atoms with Gasteiger partial charge in [0.1, 0.15) is 18.6 Å². The van der Waals surface area contributed by atoms with Crippen molar-refractivity contribution in [3.05, 3.63) is 5.01 Å². The van der Waals surface area contributed by atoms with Gasteiger partial charge in [0.05, 0.1) is 11.8 Å². The van der Waals surface area contributed by atoms with E-state index in [2.05, 4.69) is 17.1 Å². The molecule has 0 aromatic carbocycles. The van der Waals surface area contributed by atoms with Crippen molar-refractivity contribution >= 4 is 34.3 Å². The SMILES string of the molecule is CCC(SC)c1nnc(N2CC[N+](C)(O)C2=O)s1. The van der Waals surface area contributed by atoms with E-state index in [1.807, 2.05) is 6.26 Å². The molecule has 0 radical (unpaired) electrons. The first-order valence-corrected chi connectivity index (χ1v) is 7.86. The van der Waals surface area contributed by atoms with Crippen LogP contribution in [0.5, 0.6) is 0 Å². The Kier molecular flexibility index (Phi) is 3.90. The first-order valence-electron chi connectivity index (χ1n) is 5.76. The van der Waals surface area contributed by atoms with Crippen LogP contribution in [0.3, 0.4) is 0 Å². The summed E-state index contributed by atoms with van der Waals surface area (Å²) in [6, 6.07) is -0.338. The first kappa shape index (κ1) is 13.7. The predicted octanol–water partition coefficient (Wildman–Crippen LogP) is 2.13. The Morgan fingerprint density at radius 1 is 1.61 bits per heavy atom. The largest absolute Gasteiger partial charge is 0.457 e. The molecule has 100 valence electrons. The van der Waals surface area contributed by atoms with Gasteiger partial charge in [-0.3, -0.25) is 0 Å². The molecule has 18 heavy (non-hydrogen) atoms. The molecule has 1 N–H and O–H groups in total. The highest BCUT2D eigenvalue weighted by molar-refractivity contribution is 7.98. The minimum Gasteiger partial charge on any atom is -0.227 e. The molecule has 1 fully saturated rings. The van der Waals surface area contributed by atoms with Gasteiger partial charge < -0.3 is 0 Å². The Morgan fingerprint density at radius 3 is 2.83 bits per heavy atom. The van der Waals surface area contributed by atoms with Crippen LogP contribution in [0.4, 0.5) is 9.93 Å². The summed E-state index contributed by atoms with van der Waals surface area (Å²) in [5, 5.41) is 19.9. The van der Waals surface area contributed by atoms with E-state index < -0.39 is 4.65 Å². The van der Waals surface area contributed by atoms with Crippen molar-refractivity contribution in [1.29, 1.82) is 0 Å². The van der Waals surface area contributed by atoms with Gasteiger partial charge in [0.2, 0.25) is 5.13 Å². The summed E-state index contributed by atoms with van der Waals surface area (Å²) in [6.07, 6.45) is 3.02. The molecule has 2 atom stereocenters. The topological polar surface area (TPSA) is 66.3 Å². The van der Waals surface area contributed by atoms with Crippen LogP contribution in [0.1, 0.15) is 23.6 Å². The second-order valence-electron chi connectivity index (χ2n) is 4.35. The van der Waals surface area contributed by atoms with Gasteiger partial charge in [-0.05, 0) is 12.7 Å². The Balaban J connectivity index is 2.19. The molecule has 2 heterocycles. The van der Waals surface area contributed by atoms with E-state index in [0.29, 0.717) is 23.5 Å². The van der Waals surface area contributed by atoms with Gasteiger partial charge in [-0.2, -0.15) is 11.8 Å². The van der Waals surface area contributed by atoms with E-state index in [0.717, 1.165) is 11.4 Å². The fourth-order valence-corrected chi connectivity index (χ4v) is 3.77. The Labute approximate surface area is 114 Å². The second kappa shape index (κ2) is 5.12. The molecule has 0 spiro atoms. The number of hydrogen-bond acceptors (Lipinski definition) is 6. The number of rotatable bonds is 4. The number of carbonyl (C=O) groups is 1. The molecule has 0 aliphatic carbocycles. The number of thioether (sulfide) groups is 1. The number of carbonyl (C=O) groups excluding carboxylic acids is 1. The summed E-state index contributed by atoms with van der Waals surface area (Å²) in [5.74, 6) is 0. The third-order valence-corrected chi connectivity index (χ3v) is 5.33. The standard InChI is InChI=1S/C10H17N4O2S2/c1-4-7(17-3)8-11-12-9(18-8)13-5-6-14(2,16)10(13)15/h7,16H,4-6H2,1-3H3/q+1. The third kappa shape index (κ3) is 2.37. The van der Waals surface area contributed by atoms with E-state index in [1.54, 1.807) is 11.8 Å². The smallest absolute Gasteiger partial charge is 0.227 e. The summed E-state index contributed by atoms with van der Waals surface area (Å²) in [7, 11) is 1.49. The lowest BCUT2D eigenvalue weighted by atomic mass is 10.3. The number of hydrogen-bond donors (Lipinski definition) is 1. The van der Waals surface area contributed by atoms with Gasteiger partial charge in [0, 0.05) is 0 Å². The van der Waals surface area contributed by atoms with Crippen molar-refractivity contribution in [2.45, 2.75) is 18.6 Å². The first-order chi connectivity index (χ1) is 8.49. The minimum absolute atomic E-state index is 0.323. The van der Waals surface area contributed by atoms with Crippen LogP contribution in [-0.4, -0.2) is 52.5 Å². The molecule has 0 bridgehead atoms. The number of likely N-dealkylation sites (N-methyl/N-ethyl adjacent to an activating group) is 1. The summed E-state index contributed by atoms with van der Waals surface area (Å²) in [5.41, 5.74) is 0. The third-order valence-electron chi connectivity index (χ3n) is 2.99. The monoisotopic (exact) mass is 289 g/mol. The highest BCUT2D eigenvalue weighted by atomic mass is 32.2. The van der Waals surface area contributed by atoms with Crippen molar-refractivity contribution in [2.75, 3.05) is 31.3 Å². The molecule has 6 nitrogen and oxygen atoms in total. The van der Waals surface area contributed by atoms with E-state index >= 15 is 0 Å². The zero-order valence-electron chi connectivity index (χ0n) is 10.7. The molecular formula is C10H17N4O2S2+. The Morgan fingerprint density at radius 2 is 2.33 bits per heavy atom. The van der Waals surface area contributed by atoms with Gasteiger partial charge in [-0.25, -0.2) is 14.9 Å². The average Bonchev–Trinajstić information content (AvgIpc) is 2.89. The molecule has 2 amide bonds. The van der Waals surface area contributed by atoms with Crippen molar-refractivity contribution < 1.29 is 14.6 Å². The number of amides is 2. The number of anilines is 1. The van der Waals surface area contributed by atoms with Crippen molar-refractivity contribution in [3.8, 4) is 0 Å². The fourth-order valence-electron chi connectivity index (χ4n) is 1.83. The highest BCUT2D eigenvalue weighted by Crippen LogP contribution is 2.35. The van der Waals surface area contributed by atoms with Crippen molar-refractivity contribution in [3.63, 3.8) is 0 Å².